The Bertz CT molecular complexity index is 2160. The number of hydrogen-bond acceptors (Lipinski definition) is 15. The number of nitrogens with one attached hydrogen (secondary N) is 4. The minimum atomic E-state index is -1.46. The summed E-state index contributed by atoms with van der Waals surface area (Å²) in [6.07, 6.45) is 0.705. The first kappa shape index (κ1) is 40.1. The van der Waals surface area contributed by atoms with E-state index in [4.69, 9.17) is 32.7 Å². The molecule has 0 bridgehead atoms. The SMILES string of the molecule is CCNC(=O)[C@@H]1CC[C@H](n2cnc3c(NC4CCN(C(=O)N5CCC(Nc6nc(Cl)nc7c6ncn7[C@@H]6O[C@H](C(=O)NCC)[C@@H](O)[C@H]6O)CC5)CC4)nc(Cl)nc32)O1. The second-order valence-corrected chi connectivity index (χ2v) is 15.5. The van der Waals surface area contributed by atoms with Crippen LogP contribution < -0.4 is 21.3 Å². The summed E-state index contributed by atoms with van der Waals surface area (Å²) in [5.41, 5.74) is 1.70. The van der Waals surface area contributed by atoms with Gasteiger partial charge in [-0.25, -0.2) is 14.8 Å². The van der Waals surface area contributed by atoms with Crippen molar-refractivity contribution in [2.24, 2.45) is 0 Å². The molecule has 0 aromatic carbocycles. The third kappa shape index (κ3) is 7.90. The molecule has 4 saturated heterocycles. The molecule has 23 heteroatoms. The number of ether oxygens (including phenoxy) is 2. The van der Waals surface area contributed by atoms with Crippen LogP contribution in [0.2, 0.25) is 10.6 Å². The van der Waals surface area contributed by atoms with Crippen LogP contribution in [0.4, 0.5) is 16.4 Å². The number of nitrogens with zero attached hydrogens (tertiary/aromatic N) is 10. The third-order valence-corrected chi connectivity index (χ3v) is 11.4. The Morgan fingerprint density at radius 1 is 0.707 bits per heavy atom. The summed E-state index contributed by atoms with van der Waals surface area (Å²) in [5.74, 6) is 0.217. The average Bonchev–Trinajstić information content (AvgIpc) is 4.02. The van der Waals surface area contributed by atoms with Crippen LogP contribution in [0.15, 0.2) is 12.7 Å². The molecule has 0 saturated carbocycles. The summed E-state index contributed by atoms with van der Waals surface area (Å²) in [6.45, 7) is 6.65. The molecule has 6 atom stereocenters. The molecule has 8 heterocycles. The van der Waals surface area contributed by atoms with Crippen molar-refractivity contribution in [2.75, 3.05) is 49.9 Å². The van der Waals surface area contributed by atoms with E-state index in [1.807, 2.05) is 16.7 Å². The zero-order chi connectivity index (χ0) is 40.7. The van der Waals surface area contributed by atoms with Gasteiger partial charge in [-0.15, -0.1) is 0 Å². The number of likely N-dealkylation sites (tertiary alicyclic amines) is 2. The number of rotatable bonds is 10. The van der Waals surface area contributed by atoms with E-state index in [9.17, 15) is 24.6 Å². The first-order chi connectivity index (χ1) is 28.0. The predicted molar refractivity (Wildman–Crippen MR) is 209 cm³/mol. The van der Waals surface area contributed by atoms with E-state index in [-0.39, 0.29) is 40.2 Å². The molecule has 58 heavy (non-hydrogen) atoms. The van der Waals surface area contributed by atoms with E-state index in [0.29, 0.717) is 106 Å². The standard InChI is InChI=1S/C35H46Cl2N14O7/c1-3-38-30(54)19-5-6-20(57-19)50-15-40-21-26(44-33(36)46-28(21)50)42-17-7-11-48(12-8-17)35(56)49-13-9-18(10-14-49)43-27-22-29(47-34(37)45-27)51(16-41-22)32-24(53)23(52)25(58-32)31(55)39-4-2/h15-20,23-25,32,52-53H,3-14H2,1-2H3,(H,38,54)(H,39,55)(H,42,44,46)(H,43,45,47)/t19-,20+,23-,24+,25-,32+/m0/s1. The number of amides is 4. The number of anilines is 2. The Labute approximate surface area is 342 Å². The lowest BCUT2D eigenvalue weighted by Gasteiger charge is -2.39. The molecule has 4 aliphatic rings. The van der Waals surface area contributed by atoms with E-state index in [1.165, 1.54) is 10.9 Å². The summed E-state index contributed by atoms with van der Waals surface area (Å²) < 4.78 is 15.0. The van der Waals surface area contributed by atoms with Crippen LogP contribution in [0.1, 0.15) is 64.8 Å². The maximum absolute atomic E-state index is 13.6. The fourth-order valence-electron chi connectivity index (χ4n) is 8.08. The van der Waals surface area contributed by atoms with Crippen molar-refractivity contribution in [3.63, 3.8) is 0 Å². The lowest BCUT2D eigenvalue weighted by atomic mass is 10.0. The first-order valence-electron chi connectivity index (χ1n) is 19.6. The highest BCUT2D eigenvalue weighted by Crippen LogP contribution is 2.35. The molecule has 4 aromatic heterocycles. The monoisotopic (exact) mass is 844 g/mol. The smallest absolute Gasteiger partial charge is 0.320 e. The van der Waals surface area contributed by atoms with Gasteiger partial charge in [0.05, 0.1) is 12.7 Å². The zero-order valence-corrected chi connectivity index (χ0v) is 33.4. The third-order valence-electron chi connectivity index (χ3n) is 11.1. The predicted octanol–water partition coefficient (Wildman–Crippen LogP) is 1.41. The number of aliphatic hydroxyl groups excluding tert-OH is 2. The summed E-state index contributed by atoms with van der Waals surface area (Å²) in [4.78, 5) is 68.7. The second-order valence-electron chi connectivity index (χ2n) is 14.8. The van der Waals surface area contributed by atoms with E-state index in [0.717, 1.165) is 0 Å². The fraction of sp³-hybridized carbons (Fsp3) is 0.629. The molecule has 4 aromatic rings. The molecule has 4 aliphatic heterocycles. The summed E-state index contributed by atoms with van der Waals surface area (Å²) in [6, 6.07) is -0.0310. The first-order valence-corrected chi connectivity index (χ1v) is 20.4. The van der Waals surface area contributed by atoms with E-state index >= 15 is 0 Å². The van der Waals surface area contributed by atoms with Gasteiger partial charge in [0.25, 0.3) is 5.91 Å². The zero-order valence-electron chi connectivity index (χ0n) is 31.9. The largest absolute Gasteiger partial charge is 0.387 e. The normalized spacial score (nSPS) is 25.8. The van der Waals surface area contributed by atoms with Crippen LogP contribution in [-0.2, 0) is 19.1 Å². The number of fused-ring (bicyclic) bond motifs is 2. The summed E-state index contributed by atoms with van der Waals surface area (Å²) >= 11 is 12.7. The number of urea groups is 1. The van der Waals surface area contributed by atoms with Crippen LogP contribution in [0.25, 0.3) is 22.3 Å². The molecule has 0 unspecified atom stereocenters. The van der Waals surface area contributed by atoms with E-state index in [2.05, 4.69) is 51.2 Å². The molecule has 8 rings (SSSR count). The Morgan fingerprint density at radius 3 is 1.78 bits per heavy atom. The van der Waals surface area contributed by atoms with Crippen LogP contribution in [-0.4, -0.2) is 153 Å². The van der Waals surface area contributed by atoms with Crippen molar-refractivity contribution in [2.45, 2.75) is 101 Å². The Balaban J connectivity index is 0.843. The number of aliphatic hydroxyl groups is 2. The van der Waals surface area contributed by atoms with Gasteiger partial charge in [-0.05, 0) is 75.6 Å². The number of aromatic nitrogens is 8. The lowest BCUT2D eigenvalue weighted by molar-refractivity contribution is -0.137. The number of likely N-dealkylation sites (N-methyl/N-ethyl adjacent to an activating group) is 2. The molecule has 21 nitrogen and oxygen atoms in total. The Kier molecular flexibility index (Phi) is 11.7. The molecule has 312 valence electrons. The molecule has 4 amide bonds. The minimum absolute atomic E-state index is 0.0138. The molecule has 0 spiro atoms. The number of hydrogen-bond donors (Lipinski definition) is 6. The summed E-state index contributed by atoms with van der Waals surface area (Å²) in [7, 11) is 0. The lowest BCUT2D eigenvalue weighted by Crippen LogP contribution is -2.51. The molecular weight excluding hydrogens is 799 g/mol. The van der Waals surface area contributed by atoms with Crippen molar-refractivity contribution in [1.82, 2.24) is 59.5 Å². The van der Waals surface area contributed by atoms with Gasteiger partial charge < -0.3 is 50.8 Å². The van der Waals surface area contributed by atoms with Gasteiger partial charge in [0.15, 0.2) is 46.3 Å². The Morgan fingerprint density at radius 2 is 1.22 bits per heavy atom. The number of carbonyl (C=O) groups is 3. The van der Waals surface area contributed by atoms with Gasteiger partial charge in [-0.2, -0.15) is 19.9 Å². The molecule has 6 N–H and O–H groups in total. The van der Waals surface area contributed by atoms with Crippen molar-refractivity contribution in [3.8, 4) is 0 Å². The van der Waals surface area contributed by atoms with Crippen LogP contribution in [0.5, 0.6) is 0 Å². The van der Waals surface area contributed by atoms with Crippen LogP contribution in [0, 0.1) is 0 Å². The van der Waals surface area contributed by atoms with Gasteiger partial charge in [-0.1, -0.05) is 0 Å². The number of piperidine rings is 2. The van der Waals surface area contributed by atoms with Crippen molar-refractivity contribution >= 4 is 75.0 Å². The van der Waals surface area contributed by atoms with Crippen molar-refractivity contribution < 1.29 is 34.1 Å². The highest BCUT2D eigenvalue weighted by molar-refractivity contribution is 6.29. The molecular formula is C35H46Cl2N14O7. The number of imidazole rings is 2. The second kappa shape index (κ2) is 16.9. The van der Waals surface area contributed by atoms with Gasteiger partial charge in [0.1, 0.15) is 24.5 Å². The maximum Gasteiger partial charge on any atom is 0.320 e. The van der Waals surface area contributed by atoms with Gasteiger partial charge in [0.2, 0.25) is 16.5 Å². The highest BCUT2D eigenvalue weighted by atomic mass is 35.5. The maximum atomic E-state index is 13.6. The van der Waals surface area contributed by atoms with E-state index in [1.54, 1.807) is 17.8 Å². The van der Waals surface area contributed by atoms with Crippen molar-refractivity contribution in [1.29, 1.82) is 0 Å². The fourth-order valence-corrected chi connectivity index (χ4v) is 8.41. The average molecular weight is 846 g/mol. The molecule has 0 radical (unpaired) electrons. The Hall–Kier alpha value is -4.67. The molecule has 4 fully saturated rings. The highest BCUT2D eigenvalue weighted by Gasteiger charge is 2.48. The van der Waals surface area contributed by atoms with Gasteiger partial charge in [-0.3, -0.25) is 18.7 Å². The minimum Gasteiger partial charge on any atom is -0.387 e. The number of halogens is 2. The van der Waals surface area contributed by atoms with Gasteiger partial charge >= 0.3 is 6.03 Å². The number of carbonyl (C=O) groups excluding carboxylic acids is 3. The molecule has 0 aliphatic carbocycles. The topological polar surface area (TPSA) is 252 Å². The van der Waals surface area contributed by atoms with E-state index < -0.39 is 42.8 Å². The van der Waals surface area contributed by atoms with Crippen LogP contribution in [0.3, 0.4) is 0 Å². The van der Waals surface area contributed by atoms with Crippen molar-refractivity contribution in [3.05, 3.63) is 23.2 Å². The summed E-state index contributed by atoms with van der Waals surface area (Å²) in [5, 5.41) is 33.6. The van der Waals surface area contributed by atoms with Gasteiger partial charge in [0, 0.05) is 51.4 Å². The van der Waals surface area contributed by atoms with Crippen LogP contribution >= 0.6 is 23.2 Å². The quantitative estimate of drug-likeness (QED) is 0.124.